The molecule has 1 N–H and O–H groups in total. The van der Waals surface area contributed by atoms with Crippen molar-refractivity contribution >= 4 is 35.6 Å². The van der Waals surface area contributed by atoms with Crippen LogP contribution in [0.2, 0.25) is 0 Å². The smallest absolute Gasteiger partial charge is 0.194 e. The molecule has 1 saturated heterocycles. The Kier molecular flexibility index (Phi) is 11.0. The molecular formula is C20H34FIN4O. The van der Waals surface area contributed by atoms with Gasteiger partial charge in [0.05, 0.1) is 18.8 Å². The molecule has 0 aliphatic carbocycles. The maximum atomic E-state index is 14.5. The Balaban J connectivity index is 0.00000364. The van der Waals surface area contributed by atoms with E-state index >= 15 is 0 Å². The van der Waals surface area contributed by atoms with Crippen LogP contribution < -0.4 is 10.2 Å². The summed E-state index contributed by atoms with van der Waals surface area (Å²) >= 11 is 0. The van der Waals surface area contributed by atoms with Crippen molar-refractivity contribution < 1.29 is 9.13 Å². The highest BCUT2D eigenvalue weighted by atomic mass is 127. The van der Waals surface area contributed by atoms with Crippen molar-refractivity contribution in [1.29, 1.82) is 0 Å². The Morgan fingerprint density at radius 2 is 2.07 bits per heavy atom. The molecule has 0 radical (unpaired) electrons. The molecule has 7 heteroatoms. The first-order valence-electron chi connectivity index (χ1n) is 9.68. The summed E-state index contributed by atoms with van der Waals surface area (Å²) in [6, 6.07) is 5.45. The summed E-state index contributed by atoms with van der Waals surface area (Å²) in [5, 5.41) is 3.35. The predicted molar refractivity (Wildman–Crippen MR) is 122 cm³/mol. The van der Waals surface area contributed by atoms with Gasteiger partial charge in [0.15, 0.2) is 5.96 Å². The number of anilines is 1. The average Bonchev–Trinajstić information content (AvgIpc) is 3.10. The topological polar surface area (TPSA) is 40.1 Å². The second-order valence-electron chi connectivity index (χ2n) is 6.68. The molecule has 0 bridgehead atoms. The minimum absolute atomic E-state index is 0. The first-order valence-corrected chi connectivity index (χ1v) is 9.68. The number of nitrogens with zero attached hydrogens (tertiary/aromatic N) is 3. The van der Waals surface area contributed by atoms with Crippen LogP contribution in [0.15, 0.2) is 23.2 Å². The third kappa shape index (κ3) is 6.78. The average molecular weight is 492 g/mol. The molecule has 1 unspecified atom stereocenters. The summed E-state index contributed by atoms with van der Waals surface area (Å²) < 4.78 is 19.7. The van der Waals surface area contributed by atoms with Crippen LogP contribution in [-0.4, -0.2) is 57.3 Å². The van der Waals surface area contributed by atoms with Gasteiger partial charge in [-0.2, -0.15) is 0 Å². The molecule has 0 spiro atoms. The molecule has 154 valence electrons. The highest BCUT2D eigenvalue weighted by Gasteiger charge is 2.24. The lowest BCUT2D eigenvalue weighted by molar-refractivity contribution is 0.157. The molecule has 1 heterocycles. The Bertz CT molecular complexity index is 595. The Labute approximate surface area is 180 Å². The van der Waals surface area contributed by atoms with Crippen LogP contribution in [0.4, 0.5) is 10.1 Å². The van der Waals surface area contributed by atoms with Crippen LogP contribution >= 0.6 is 24.0 Å². The number of ether oxygens (including phenoxy) is 1. The third-order valence-electron chi connectivity index (χ3n) is 4.85. The van der Waals surface area contributed by atoms with Gasteiger partial charge in [0, 0.05) is 45.8 Å². The Morgan fingerprint density at radius 3 is 2.67 bits per heavy atom. The number of likely N-dealkylation sites (tertiary alicyclic amines) is 1. The molecule has 5 nitrogen and oxygen atoms in total. The molecule has 1 aliphatic rings. The van der Waals surface area contributed by atoms with Gasteiger partial charge in [0.2, 0.25) is 0 Å². The van der Waals surface area contributed by atoms with Gasteiger partial charge in [-0.05, 0) is 44.9 Å². The number of hydrogen-bond acceptors (Lipinski definition) is 3. The van der Waals surface area contributed by atoms with Crippen LogP contribution in [0.1, 0.15) is 32.8 Å². The zero-order chi connectivity index (χ0) is 18.9. The van der Waals surface area contributed by atoms with Crippen molar-refractivity contribution in [3.05, 3.63) is 29.6 Å². The number of halogens is 2. The Morgan fingerprint density at radius 1 is 1.33 bits per heavy atom. The van der Waals surface area contributed by atoms with E-state index in [4.69, 9.17) is 9.73 Å². The van der Waals surface area contributed by atoms with Crippen LogP contribution in [0.3, 0.4) is 0 Å². The van der Waals surface area contributed by atoms with Crippen molar-refractivity contribution in [3.63, 3.8) is 0 Å². The lowest BCUT2D eigenvalue weighted by atomic mass is 10.1. The van der Waals surface area contributed by atoms with Crippen molar-refractivity contribution in [3.8, 4) is 0 Å². The minimum atomic E-state index is -0.173. The van der Waals surface area contributed by atoms with Crippen molar-refractivity contribution in [2.45, 2.75) is 33.7 Å². The molecule has 1 aromatic carbocycles. The van der Waals surface area contributed by atoms with E-state index in [0.29, 0.717) is 18.2 Å². The van der Waals surface area contributed by atoms with Crippen molar-refractivity contribution in [2.24, 2.45) is 10.9 Å². The molecule has 0 saturated carbocycles. The van der Waals surface area contributed by atoms with Gasteiger partial charge in [0.25, 0.3) is 0 Å². The third-order valence-corrected chi connectivity index (χ3v) is 4.85. The van der Waals surface area contributed by atoms with E-state index in [-0.39, 0.29) is 29.8 Å². The van der Waals surface area contributed by atoms with Crippen molar-refractivity contribution in [2.75, 3.05) is 51.3 Å². The summed E-state index contributed by atoms with van der Waals surface area (Å²) in [6.45, 7) is 11.8. The second-order valence-corrected chi connectivity index (χ2v) is 6.68. The van der Waals surface area contributed by atoms with E-state index in [1.54, 1.807) is 13.2 Å². The molecule has 0 amide bonds. The number of methoxy groups -OCH3 is 1. The number of aliphatic imine (C=N–C) groups is 1. The lowest BCUT2D eigenvalue weighted by Gasteiger charge is -2.22. The summed E-state index contributed by atoms with van der Waals surface area (Å²) in [6.07, 6.45) is 1.12. The summed E-state index contributed by atoms with van der Waals surface area (Å²) in [4.78, 5) is 9.02. The quantitative estimate of drug-likeness (QED) is 0.341. The normalized spacial score (nSPS) is 17.0. The molecule has 0 aromatic heterocycles. The lowest BCUT2D eigenvalue weighted by Crippen LogP contribution is -2.40. The number of benzene rings is 1. The van der Waals surface area contributed by atoms with E-state index in [1.807, 2.05) is 30.9 Å². The zero-order valence-electron chi connectivity index (χ0n) is 17.0. The first kappa shape index (κ1) is 23.9. The highest BCUT2D eigenvalue weighted by molar-refractivity contribution is 14.0. The van der Waals surface area contributed by atoms with Crippen LogP contribution in [0, 0.1) is 11.7 Å². The first-order chi connectivity index (χ1) is 12.6. The van der Waals surface area contributed by atoms with Crippen LogP contribution in [-0.2, 0) is 11.3 Å². The number of rotatable bonds is 8. The molecule has 1 aromatic rings. The summed E-state index contributed by atoms with van der Waals surface area (Å²) in [5.41, 5.74) is 1.55. The van der Waals surface area contributed by atoms with E-state index in [9.17, 15) is 4.39 Å². The van der Waals surface area contributed by atoms with E-state index in [0.717, 1.165) is 57.3 Å². The Hall–Kier alpha value is -1.09. The summed E-state index contributed by atoms with van der Waals surface area (Å²) in [5.74, 6) is 1.28. The molecule has 1 fully saturated rings. The van der Waals surface area contributed by atoms with E-state index in [1.165, 1.54) is 0 Å². The highest BCUT2D eigenvalue weighted by Crippen LogP contribution is 2.21. The van der Waals surface area contributed by atoms with Gasteiger partial charge in [-0.1, -0.05) is 6.07 Å². The molecule has 1 atom stereocenters. The standard InChI is InChI=1S/C20H33FN4O.HI/c1-5-22-20(25-11-10-17(14-25)15-26-4)23-13-16-8-9-19(18(21)12-16)24(6-2)7-3;/h8-9,12,17H,5-7,10-11,13-15H2,1-4H3,(H,22,23);1H. The number of guanidine groups is 1. The minimum Gasteiger partial charge on any atom is -0.384 e. The number of nitrogens with one attached hydrogen (secondary N) is 1. The van der Waals surface area contributed by atoms with Gasteiger partial charge in [-0.25, -0.2) is 9.38 Å². The van der Waals surface area contributed by atoms with Gasteiger partial charge in [-0.3, -0.25) is 0 Å². The summed E-state index contributed by atoms with van der Waals surface area (Å²) in [7, 11) is 1.75. The number of hydrogen-bond donors (Lipinski definition) is 1. The van der Waals surface area contributed by atoms with Crippen molar-refractivity contribution in [1.82, 2.24) is 10.2 Å². The van der Waals surface area contributed by atoms with E-state index in [2.05, 4.69) is 17.1 Å². The SMILES string of the molecule is CCNC(=NCc1ccc(N(CC)CC)c(F)c1)N1CCC(COC)C1.I. The molecule has 2 rings (SSSR count). The fourth-order valence-corrected chi connectivity index (χ4v) is 3.46. The van der Waals surface area contributed by atoms with E-state index < -0.39 is 0 Å². The second kappa shape index (κ2) is 12.4. The maximum Gasteiger partial charge on any atom is 0.194 e. The van der Waals surface area contributed by atoms with Gasteiger partial charge in [-0.15, -0.1) is 24.0 Å². The fourth-order valence-electron chi connectivity index (χ4n) is 3.46. The largest absolute Gasteiger partial charge is 0.384 e. The monoisotopic (exact) mass is 492 g/mol. The maximum absolute atomic E-state index is 14.5. The fraction of sp³-hybridized carbons (Fsp3) is 0.650. The predicted octanol–water partition coefficient (Wildman–Crippen LogP) is 3.72. The molecule has 27 heavy (non-hydrogen) atoms. The van der Waals surface area contributed by atoms with Gasteiger partial charge < -0.3 is 19.9 Å². The van der Waals surface area contributed by atoms with Gasteiger partial charge in [0.1, 0.15) is 5.82 Å². The van der Waals surface area contributed by atoms with Crippen LogP contribution in [0.25, 0.3) is 0 Å². The van der Waals surface area contributed by atoms with Crippen LogP contribution in [0.5, 0.6) is 0 Å². The molecule has 1 aliphatic heterocycles. The zero-order valence-corrected chi connectivity index (χ0v) is 19.3. The van der Waals surface area contributed by atoms with Gasteiger partial charge >= 0.3 is 0 Å². The molecular weight excluding hydrogens is 458 g/mol.